The summed E-state index contributed by atoms with van der Waals surface area (Å²) in [6, 6.07) is 18.3. The number of aromatic amines is 1. The fourth-order valence-electron chi connectivity index (χ4n) is 3.15. The van der Waals surface area contributed by atoms with Crippen LogP contribution in [0.25, 0.3) is 22.3 Å². The van der Waals surface area contributed by atoms with E-state index in [0.717, 1.165) is 22.3 Å². The summed E-state index contributed by atoms with van der Waals surface area (Å²) >= 11 is 0. The molecule has 150 valence electrons. The number of pyridine rings is 1. The van der Waals surface area contributed by atoms with Gasteiger partial charge in [-0.3, -0.25) is 9.59 Å². The lowest BCUT2D eigenvalue weighted by atomic mass is 10.1. The summed E-state index contributed by atoms with van der Waals surface area (Å²) in [5, 5.41) is 6.51. The van der Waals surface area contributed by atoms with E-state index in [4.69, 9.17) is 4.74 Å². The highest BCUT2D eigenvalue weighted by molar-refractivity contribution is 6.05. The summed E-state index contributed by atoms with van der Waals surface area (Å²) in [6.07, 6.45) is 1.61. The topological polar surface area (TPSA) is 96.1 Å². The van der Waals surface area contributed by atoms with Gasteiger partial charge >= 0.3 is 0 Å². The van der Waals surface area contributed by atoms with Crippen molar-refractivity contribution in [3.63, 3.8) is 0 Å². The minimum atomic E-state index is -0.224. The van der Waals surface area contributed by atoms with Crippen LogP contribution in [0.1, 0.15) is 17.3 Å². The lowest BCUT2D eigenvalue weighted by Crippen LogP contribution is -2.11. The molecule has 2 heterocycles. The molecule has 3 N–H and O–H groups in total. The molecule has 2 aromatic heterocycles. The van der Waals surface area contributed by atoms with Gasteiger partial charge in [-0.05, 0) is 48.5 Å². The maximum absolute atomic E-state index is 12.5. The van der Waals surface area contributed by atoms with Gasteiger partial charge in [-0.15, -0.1) is 0 Å². The number of fused-ring (bicyclic) bond motifs is 1. The van der Waals surface area contributed by atoms with Crippen molar-refractivity contribution in [1.82, 2.24) is 9.97 Å². The first-order chi connectivity index (χ1) is 14.5. The van der Waals surface area contributed by atoms with Crippen LogP contribution in [0.4, 0.5) is 11.4 Å². The number of aromatic nitrogens is 2. The number of benzene rings is 2. The zero-order valence-electron chi connectivity index (χ0n) is 16.5. The van der Waals surface area contributed by atoms with E-state index in [0.29, 0.717) is 22.6 Å². The van der Waals surface area contributed by atoms with Gasteiger partial charge in [0, 0.05) is 34.8 Å². The second-order valence-electron chi connectivity index (χ2n) is 6.79. The van der Waals surface area contributed by atoms with Gasteiger partial charge in [0.2, 0.25) is 5.91 Å². The third-order valence-corrected chi connectivity index (χ3v) is 4.57. The standard InChI is InChI=1S/C23H20N4O3/c1-14(28)25-18-5-3-4-16(10-18)21-12-17-11-19(13-24-22(17)27-21)26-23(29)15-6-8-20(30-2)9-7-15/h3-13H,1-2H3,(H,24,27)(H,25,28)(H,26,29). The molecule has 0 aliphatic heterocycles. The van der Waals surface area contributed by atoms with E-state index in [-0.39, 0.29) is 11.8 Å². The molecule has 4 aromatic rings. The second-order valence-corrected chi connectivity index (χ2v) is 6.79. The third-order valence-electron chi connectivity index (χ3n) is 4.57. The van der Waals surface area contributed by atoms with Crippen molar-refractivity contribution in [3.8, 4) is 17.0 Å². The lowest BCUT2D eigenvalue weighted by Gasteiger charge is -2.06. The first-order valence-corrected chi connectivity index (χ1v) is 9.34. The molecule has 0 fully saturated rings. The molecule has 0 saturated heterocycles. The molecule has 4 rings (SSSR count). The summed E-state index contributed by atoms with van der Waals surface area (Å²) in [5.74, 6) is 0.345. The van der Waals surface area contributed by atoms with Crippen molar-refractivity contribution in [1.29, 1.82) is 0 Å². The number of H-pyrrole nitrogens is 1. The van der Waals surface area contributed by atoms with Gasteiger partial charge < -0.3 is 20.4 Å². The average molecular weight is 400 g/mol. The number of methoxy groups -OCH3 is 1. The normalized spacial score (nSPS) is 10.6. The largest absolute Gasteiger partial charge is 0.497 e. The number of amides is 2. The molecule has 0 atom stereocenters. The quantitative estimate of drug-likeness (QED) is 0.461. The summed E-state index contributed by atoms with van der Waals surface area (Å²) in [7, 11) is 1.58. The van der Waals surface area contributed by atoms with E-state index in [1.165, 1.54) is 6.92 Å². The minimum absolute atomic E-state index is 0.122. The molecule has 0 spiro atoms. The molecule has 0 saturated carbocycles. The number of rotatable bonds is 5. The number of carbonyl (C=O) groups is 2. The van der Waals surface area contributed by atoms with Crippen molar-refractivity contribution in [2.75, 3.05) is 17.7 Å². The molecule has 0 radical (unpaired) electrons. The maximum Gasteiger partial charge on any atom is 0.255 e. The number of nitrogens with zero attached hydrogens (tertiary/aromatic N) is 1. The number of hydrogen-bond donors (Lipinski definition) is 3. The molecular formula is C23H20N4O3. The van der Waals surface area contributed by atoms with E-state index in [2.05, 4.69) is 20.6 Å². The fraction of sp³-hybridized carbons (Fsp3) is 0.0870. The van der Waals surface area contributed by atoms with E-state index in [1.807, 2.05) is 36.4 Å². The third kappa shape index (κ3) is 4.15. The van der Waals surface area contributed by atoms with Crippen LogP contribution in [0, 0.1) is 0 Å². The highest BCUT2D eigenvalue weighted by Crippen LogP contribution is 2.27. The van der Waals surface area contributed by atoms with E-state index in [9.17, 15) is 9.59 Å². The monoisotopic (exact) mass is 400 g/mol. The predicted molar refractivity (Wildman–Crippen MR) is 117 cm³/mol. The molecule has 0 aliphatic carbocycles. The van der Waals surface area contributed by atoms with Crippen molar-refractivity contribution in [3.05, 3.63) is 72.4 Å². The van der Waals surface area contributed by atoms with E-state index < -0.39 is 0 Å². The number of nitrogens with one attached hydrogen (secondary N) is 3. The second kappa shape index (κ2) is 8.08. The molecule has 0 unspecified atom stereocenters. The molecule has 7 nitrogen and oxygen atoms in total. The van der Waals surface area contributed by atoms with Crippen molar-refractivity contribution in [2.24, 2.45) is 0 Å². The number of ether oxygens (including phenoxy) is 1. The van der Waals surface area contributed by atoms with Gasteiger partial charge in [0.25, 0.3) is 5.91 Å². The molecule has 0 aliphatic rings. The highest BCUT2D eigenvalue weighted by atomic mass is 16.5. The summed E-state index contributed by atoms with van der Waals surface area (Å²) in [5.41, 5.74) is 4.34. The zero-order chi connectivity index (χ0) is 21.1. The summed E-state index contributed by atoms with van der Waals surface area (Å²) in [6.45, 7) is 1.47. The Hall–Kier alpha value is -4.13. The molecule has 30 heavy (non-hydrogen) atoms. The van der Waals surface area contributed by atoms with Crippen molar-refractivity contribution >= 4 is 34.2 Å². The van der Waals surface area contributed by atoms with E-state index in [1.54, 1.807) is 37.6 Å². The van der Waals surface area contributed by atoms with Crippen LogP contribution in [0.15, 0.2) is 66.9 Å². The molecule has 2 aromatic carbocycles. The van der Waals surface area contributed by atoms with Crippen LogP contribution in [-0.2, 0) is 4.79 Å². The Morgan fingerprint density at radius 2 is 1.77 bits per heavy atom. The Bertz CT molecular complexity index is 1230. The molecular weight excluding hydrogens is 380 g/mol. The first kappa shape index (κ1) is 19.2. The Labute approximate surface area is 173 Å². The van der Waals surface area contributed by atoms with Gasteiger partial charge in [-0.1, -0.05) is 12.1 Å². The van der Waals surface area contributed by atoms with Gasteiger partial charge in [0.15, 0.2) is 0 Å². The highest BCUT2D eigenvalue weighted by Gasteiger charge is 2.10. The van der Waals surface area contributed by atoms with Gasteiger partial charge in [0.05, 0.1) is 19.0 Å². The Balaban J connectivity index is 1.56. The number of hydrogen-bond acceptors (Lipinski definition) is 4. The first-order valence-electron chi connectivity index (χ1n) is 9.34. The van der Waals surface area contributed by atoms with Crippen LogP contribution in [-0.4, -0.2) is 28.9 Å². The van der Waals surface area contributed by atoms with Crippen molar-refractivity contribution < 1.29 is 14.3 Å². The number of anilines is 2. The number of carbonyl (C=O) groups excluding carboxylic acids is 2. The van der Waals surface area contributed by atoms with E-state index >= 15 is 0 Å². The minimum Gasteiger partial charge on any atom is -0.497 e. The van der Waals surface area contributed by atoms with Crippen molar-refractivity contribution in [2.45, 2.75) is 6.92 Å². The van der Waals surface area contributed by atoms with Gasteiger partial charge in [-0.2, -0.15) is 0 Å². The van der Waals surface area contributed by atoms with Crippen LogP contribution in [0.2, 0.25) is 0 Å². The predicted octanol–water partition coefficient (Wildman–Crippen LogP) is 4.45. The maximum atomic E-state index is 12.5. The SMILES string of the molecule is COc1ccc(C(=O)Nc2cnc3[nH]c(-c4cccc(NC(C)=O)c4)cc3c2)cc1. The van der Waals surface area contributed by atoms with Crippen LogP contribution in [0.3, 0.4) is 0 Å². The summed E-state index contributed by atoms with van der Waals surface area (Å²) in [4.78, 5) is 31.5. The fourth-order valence-corrected chi connectivity index (χ4v) is 3.15. The Morgan fingerprint density at radius 1 is 0.967 bits per heavy atom. The van der Waals surface area contributed by atoms with Crippen LogP contribution in [0.5, 0.6) is 5.75 Å². The average Bonchev–Trinajstić information content (AvgIpc) is 3.17. The summed E-state index contributed by atoms with van der Waals surface area (Å²) < 4.78 is 5.11. The Morgan fingerprint density at radius 3 is 2.50 bits per heavy atom. The molecule has 0 bridgehead atoms. The van der Waals surface area contributed by atoms with Crippen LogP contribution < -0.4 is 15.4 Å². The lowest BCUT2D eigenvalue weighted by molar-refractivity contribution is -0.114. The molecule has 2 amide bonds. The zero-order valence-corrected chi connectivity index (χ0v) is 16.5. The molecule has 7 heteroatoms. The Kier molecular flexibility index (Phi) is 5.17. The van der Waals surface area contributed by atoms with Gasteiger partial charge in [-0.25, -0.2) is 4.98 Å². The van der Waals surface area contributed by atoms with Gasteiger partial charge in [0.1, 0.15) is 11.4 Å². The van der Waals surface area contributed by atoms with Crippen LogP contribution >= 0.6 is 0 Å². The smallest absolute Gasteiger partial charge is 0.255 e.